The average Bonchev–Trinajstić information content (AvgIpc) is 2.40. The summed E-state index contributed by atoms with van der Waals surface area (Å²) in [6.07, 6.45) is 1.72. The molecule has 4 nitrogen and oxygen atoms in total. The number of aromatic hydroxyl groups is 1. The smallest absolute Gasteiger partial charge is 0.124 e. The Kier molecular flexibility index (Phi) is 5.16. The highest BCUT2D eigenvalue weighted by molar-refractivity contribution is 9.10. The van der Waals surface area contributed by atoms with Gasteiger partial charge in [-0.1, -0.05) is 15.9 Å². The molecule has 1 aromatic carbocycles. The van der Waals surface area contributed by atoms with Crippen molar-refractivity contribution in [2.24, 2.45) is 4.99 Å². The minimum absolute atomic E-state index is 0.258. The molecule has 0 aromatic heterocycles. The van der Waals surface area contributed by atoms with Crippen LogP contribution in [0.2, 0.25) is 0 Å². The molecule has 0 aliphatic carbocycles. The van der Waals surface area contributed by atoms with E-state index >= 15 is 0 Å². The topological polar surface area (TPSA) is 45.1 Å². The molecule has 0 spiro atoms. The number of nitrogens with zero attached hydrogens (tertiary/aromatic N) is 2. The molecular formula is C13H17BrN2O2. The second-order valence-corrected chi connectivity index (χ2v) is 5.11. The van der Waals surface area contributed by atoms with Crippen molar-refractivity contribution in [3.8, 4) is 5.75 Å². The summed E-state index contributed by atoms with van der Waals surface area (Å²) >= 11 is 3.37. The first-order chi connectivity index (χ1) is 8.75. The summed E-state index contributed by atoms with van der Waals surface area (Å²) in [7, 11) is 0. The Morgan fingerprint density at radius 1 is 1.39 bits per heavy atom. The number of benzene rings is 1. The van der Waals surface area contributed by atoms with Crippen molar-refractivity contribution >= 4 is 22.1 Å². The largest absolute Gasteiger partial charge is 0.507 e. The molecule has 0 atom stereocenters. The third-order valence-corrected chi connectivity index (χ3v) is 3.36. The van der Waals surface area contributed by atoms with E-state index in [1.54, 1.807) is 18.3 Å². The van der Waals surface area contributed by atoms with Crippen LogP contribution in [0, 0.1) is 0 Å². The Morgan fingerprint density at radius 2 is 2.17 bits per heavy atom. The van der Waals surface area contributed by atoms with E-state index in [0.29, 0.717) is 0 Å². The van der Waals surface area contributed by atoms with E-state index in [-0.39, 0.29) is 5.75 Å². The molecule has 1 aliphatic rings. The van der Waals surface area contributed by atoms with Gasteiger partial charge in [-0.15, -0.1) is 0 Å². The van der Waals surface area contributed by atoms with Gasteiger partial charge < -0.3 is 9.84 Å². The second kappa shape index (κ2) is 6.87. The number of rotatable bonds is 4. The van der Waals surface area contributed by atoms with Gasteiger partial charge in [-0.3, -0.25) is 9.89 Å². The van der Waals surface area contributed by atoms with Gasteiger partial charge in [-0.2, -0.15) is 0 Å². The second-order valence-electron chi connectivity index (χ2n) is 4.19. The maximum atomic E-state index is 9.64. The number of hydrogen-bond acceptors (Lipinski definition) is 4. The van der Waals surface area contributed by atoms with Crippen LogP contribution in [0.15, 0.2) is 27.7 Å². The van der Waals surface area contributed by atoms with Gasteiger partial charge in [0.1, 0.15) is 5.75 Å². The molecule has 0 radical (unpaired) electrons. The van der Waals surface area contributed by atoms with Crippen molar-refractivity contribution in [2.45, 2.75) is 0 Å². The lowest BCUT2D eigenvalue weighted by Crippen LogP contribution is -2.37. The molecule has 0 amide bonds. The molecule has 1 heterocycles. The number of halogens is 1. The Hall–Kier alpha value is -0.910. The van der Waals surface area contributed by atoms with Crippen molar-refractivity contribution < 1.29 is 9.84 Å². The monoisotopic (exact) mass is 312 g/mol. The average molecular weight is 313 g/mol. The van der Waals surface area contributed by atoms with Crippen molar-refractivity contribution in [3.63, 3.8) is 0 Å². The molecule has 98 valence electrons. The fourth-order valence-corrected chi connectivity index (χ4v) is 2.19. The molecule has 1 aliphatic heterocycles. The highest BCUT2D eigenvalue weighted by atomic mass is 79.9. The van der Waals surface area contributed by atoms with E-state index < -0.39 is 0 Å². The summed E-state index contributed by atoms with van der Waals surface area (Å²) < 4.78 is 6.23. The summed E-state index contributed by atoms with van der Waals surface area (Å²) in [6.45, 7) is 5.28. The maximum Gasteiger partial charge on any atom is 0.124 e. The molecule has 1 fully saturated rings. The maximum absolute atomic E-state index is 9.64. The fourth-order valence-electron chi connectivity index (χ4n) is 1.82. The predicted molar refractivity (Wildman–Crippen MR) is 75.5 cm³/mol. The molecule has 0 saturated carbocycles. The lowest BCUT2D eigenvalue weighted by atomic mass is 10.2. The van der Waals surface area contributed by atoms with Crippen LogP contribution < -0.4 is 0 Å². The van der Waals surface area contributed by atoms with Crippen molar-refractivity contribution in [2.75, 3.05) is 39.4 Å². The summed E-state index contributed by atoms with van der Waals surface area (Å²) in [4.78, 5) is 6.68. The Balaban J connectivity index is 1.81. The molecule has 2 rings (SSSR count). The number of ether oxygens (including phenoxy) is 1. The molecule has 18 heavy (non-hydrogen) atoms. The SMILES string of the molecule is Oc1ccc(Br)cc1C=NCCN1CCOCC1. The van der Waals surface area contributed by atoms with Gasteiger partial charge in [0.2, 0.25) is 0 Å². The molecule has 5 heteroatoms. The summed E-state index contributed by atoms with van der Waals surface area (Å²) in [5.74, 6) is 0.258. The number of hydrogen-bond donors (Lipinski definition) is 1. The lowest BCUT2D eigenvalue weighted by Gasteiger charge is -2.25. The standard InChI is InChI=1S/C13H17BrN2O2/c14-12-1-2-13(17)11(9-12)10-15-3-4-16-5-7-18-8-6-16/h1-2,9-10,17H,3-8H2. The van der Waals surface area contributed by atoms with Gasteiger partial charge in [-0.25, -0.2) is 0 Å². The zero-order valence-corrected chi connectivity index (χ0v) is 11.8. The van der Waals surface area contributed by atoms with Gasteiger partial charge in [-0.05, 0) is 18.2 Å². The molecule has 0 unspecified atom stereocenters. The molecule has 1 N–H and O–H groups in total. The predicted octanol–water partition coefficient (Wildman–Crippen LogP) is 1.91. The lowest BCUT2D eigenvalue weighted by molar-refractivity contribution is 0.0395. The third-order valence-electron chi connectivity index (χ3n) is 2.87. The minimum atomic E-state index is 0.258. The van der Waals surface area contributed by atoms with E-state index in [9.17, 15) is 5.11 Å². The van der Waals surface area contributed by atoms with Crippen LogP contribution in [0.1, 0.15) is 5.56 Å². The van der Waals surface area contributed by atoms with Crippen LogP contribution in [0.5, 0.6) is 5.75 Å². The Morgan fingerprint density at radius 3 is 2.94 bits per heavy atom. The van der Waals surface area contributed by atoms with Crippen LogP contribution in [0.3, 0.4) is 0 Å². The van der Waals surface area contributed by atoms with E-state index in [2.05, 4.69) is 25.8 Å². The van der Waals surface area contributed by atoms with Crippen LogP contribution in [0.25, 0.3) is 0 Å². The Bertz CT molecular complexity index is 417. The van der Waals surface area contributed by atoms with Crippen LogP contribution in [-0.4, -0.2) is 55.6 Å². The normalized spacial score (nSPS) is 17.4. The van der Waals surface area contributed by atoms with Gasteiger partial charge >= 0.3 is 0 Å². The van der Waals surface area contributed by atoms with E-state index in [0.717, 1.165) is 49.4 Å². The molecule has 1 saturated heterocycles. The van der Waals surface area contributed by atoms with Crippen LogP contribution in [-0.2, 0) is 4.74 Å². The Labute approximate surface area is 115 Å². The summed E-state index contributed by atoms with van der Waals surface area (Å²) in [6, 6.07) is 5.32. The zero-order chi connectivity index (χ0) is 12.8. The van der Waals surface area contributed by atoms with E-state index in [1.165, 1.54) is 0 Å². The van der Waals surface area contributed by atoms with Gasteiger partial charge in [0.05, 0.1) is 19.8 Å². The zero-order valence-electron chi connectivity index (χ0n) is 10.2. The number of aliphatic imine (C=N–C) groups is 1. The number of morpholine rings is 1. The number of phenols is 1. The summed E-state index contributed by atoms with van der Waals surface area (Å²) in [5, 5.41) is 9.64. The summed E-state index contributed by atoms with van der Waals surface area (Å²) in [5.41, 5.74) is 0.742. The molecule has 0 bridgehead atoms. The first kappa shape index (κ1) is 13.5. The van der Waals surface area contributed by atoms with Crippen molar-refractivity contribution in [1.29, 1.82) is 0 Å². The highest BCUT2D eigenvalue weighted by Gasteiger charge is 2.08. The minimum Gasteiger partial charge on any atom is -0.507 e. The first-order valence-corrected chi connectivity index (χ1v) is 6.83. The van der Waals surface area contributed by atoms with Crippen LogP contribution in [0.4, 0.5) is 0 Å². The third kappa shape index (κ3) is 4.08. The molecular weight excluding hydrogens is 296 g/mol. The van der Waals surface area contributed by atoms with Gasteiger partial charge in [0.25, 0.3) is 0 Å². The van der Waals surface area contributed by atoms with E-state index in [1.807, 2.05) is 6.07 Å². The number of phenolic OH excluding ortho intramolecular Hbond substituents is 1. The van der Waals surface area contributed by atoms with Crippen molar-refractivity contribution in [3.05, 3.63) is 28.2 Å². The van der Waals surface area contributed by atoms with Gasteiger partial charge in [0, 0.05) is 35.9 Å². The quantitative estimate of drug-likeness (QED) is 0.864. The van der Waals surface area contributed by atoms with Gasteiger partial charge in [0.15, 0.2) is 0 Å². The first-order valence-electron chi connectivity index (χ1n) is 6.04. The van der Waals surface area contributed by atoms with E-state index in [4.69, 9.17) is 4.74 Å². The highest BCUT2D eigenvalue weighted by Crippen LogP contribution is 2.19. The van der Waals surface area contributed by atoms with Crippen LogP contribution >= 0.6 is 15.9 Å². The fraction of sp³-hybridized carbons (Fsp3) is 0.462. The van der Waals surface area contributed by atoms with Crippen molar-refractivity contribution in [1.82, 2.24) is 4.90 Å². The molecule has 1 aromatic rings.